The quantitative estimate of drug-likeness (QED) is 0.812. The molecule has 1 saturated carbocycles. The first-order valence-electron chi connectivity index (χ1n) is 7.60. The first kappa shape index (κ1) is 15.4. The summed E-state index contributed by atoms with van der Waals surface area (Å²) >= 11 is 0. The van der Waals surface area contributed by atoms with Gasteiger partial charge in [0.2, 0.25) is 11.7 Å². The van der Waals surface area contributed by atoms with Crippen LogP contribution in [0, 0.1) is 5.41 Å². The van der Waals surface area contributed by atoms with E-state index in [2.05, 4.69) is 36.2 Å². The summed E-state index contributed by atoms with van der Waals surface area (Å²) < 4.78 is 11.1. The van der Waals surface area contributed by atoms with Crippen LogP contribution in [-0.2, 0) is 16.9 Å². The number of nitrogens with one attached hydrogen (secondary N) is 1. The van der Waals surface area contributed by atoms with E-state index in [4.69, 9.17) is 9.26 Å². The molecule has 0 amide bonds. The van der Waals surface area contributed by atoms with E-state index in [9.17, 15) is 0 Å². The van der Waals surface area contributed by atoms with Gasteiger partial charge in [-0.25, -0.2) is 0 Å². The van der Waals surface area contributed by atoms with Crippen molar-refractivity contribution in [2.24, 2.45) is 5.41 Å². The van der Waals surface area contributed by atoms with Gasteiger partial charge >= 0.3 is 0 Å². The minimum atomic E-state index is -0.359. The van der Waals surface area contributed by atoms with Gasteiger partial charge in [-0.1, -0.05) is 25.9 Å². The first-order valence-corrected chi connectivity index (χ1v) is 7.60. The Hall–Kier alpha value is -0.940. The van der Waals surface area contributed by atoms with E-state index in [1.54, 1.807) is 7.11 Å². The van der Waals surface area contributed by atoms with Crippen LogP contribution in [0.1, 0.15) is 64.6 Å². The van der Waals surface area contributed by atoms with E-state index in [1.807, 2.05) is 0 Å². The fraction of sp³-hybridized carbons (Fsp3) is 0.867. The van der Waals surface area contributed by atoms with E-state index in [0.29, 0.717) is 23.7 Å². The summed E-state index contributed by atoms with van der Waals surface area (Å²) in [4.78, 5) is 4.53. The molecule has 1 aliphatic rings. The van der Waals surface area contributed by atoms with Gasteiger partial charge in [-0.2, -0.15) is 4.98 Å². The standard InChI is InChI=1S/C15H27N3O2/c1-5-10-16-11-12-17-13(18-20-12)15(19-4)8-6-14(2,3)7-9-15/h16H,5-11H2,1-4H3. The number of aromatic nitrogens is 2. The van der Waals surface area contributed by atoms with Crippen LogP contribution in [0.5, 0.6) is 0 Å². The number of methoxy groups -OCH3 is 1. The highest BCUT2D eigenvalue weighted by Gasteiger charge is 2.43. The molecule has 1 aromatic heterocycles. The summed E-state index contributed by atoms with van der Waals surface area (Å²) in [5.74, 6) is 1.36. The van der Waals surface area contributed by atoms with Crippen molar-refractivity contribution in [3.63, 3.8) is 0 Å². The van der Waals surface area contributed by atoms with Gasteiger partial charge in [-0.15, -0.1) is 0 Å². The van der Waals surface area contributed by atoms with E-state index in [0.717, 1.165) is 38.6 Å². The third kappa shape index (κ3) is 3.38. The molecule has 2 rings (SSSR count). The molecule has 0 spiro atoms. The molecule has 0 radical (unpaired) electrons. The van der Waals surface area contributed by atoms with Crippen LogP contribution >= 0.6 is 0 Å². The average molecular weight is 281 g/mol. The van der Waals surface area contributed by atoms with Crippen molar-refractivity contribution in [1.82, 2.24) is 15.5 Å². The Morgan fingerprint density at radius 2 is 1.95 bits per heavy atom. The van der Waals surface area contributed by atoms with Crippen LogP contribution in [0.4, 0.5) is 0 Å². The van der Waals surface area contributed by atoms with E-state index in [-0.39, 0.29) is 5.60 Å². The molecule has 0 atom stereocenters. The summed E-state index contributed by atoms with van der Waals surface area (Å²) in [6.45, 7) is 8.34. The van der Waals surface area contributed by atoms with Crippen molar-refractivity contribution in [2.45, 2.75) is 65.0 Å². The maximum atomic E-state index is 5.79. The fourth-order valence-electron chi connectivity index (χ4n) is 2.73. The highest BCUT2D eigenvalue weighted by atomic mass is 16.5. The Balaban J connectivity index is 2.05. The van der Waals surface area contributed by atoms with E-state index < -0.39 is 0 Å². The molecule has 114 valence electrons. The molecule has 0 aliphatic heterocycles. The molecule has 0 aromatic carbocycles. The summed E-state index contributed by atoms with van der Waals surface area (Å²) in [5.41, 5.74) is 0.0271. The molecule has 20 heavy (non-hydrogen) atoms. The summed E-state index contributed by atoms with van der Waals surface area (Å²) in [7, 11) is 1.75. The van der Waals surface area contributed by atoms with Crippen LogP contribution in [-0.4, -0.2) is 23.8 Å². The average Bonchev–Trinajstić information content (AvgIpc) is 2.89. The lowest BCUT2D eigenvalue weighted by Crippen LogP contribution is -2.37. The molecule has 0 bridgehead atoms. The van der Waals surface area contributed by atoms with Crippen LogP contribution < -0.4 is 5.32 Å². The SMILES string of the molecule is CCCNCc1nc(C2(OC)CCC(C)(C)CC2)no1. The zero-order valence-corrected chi connectivity index (χ0v) is 13.2. The van der Waals surface area contributed by atoms with Crippen molar-refractivity contribution < 1.29 is 9.26 Å². The van der Waals surface area contributed by atoms with Gasteiger partial charge in [0.25, 0.3) is 0 Å². The number of hydrogen-bond acceptors (Lipinski definition) is 5. The fourth-order valence-corrected chi connectivity index (χ4v) is 2.73. The van der Waals surface area contributed by atoms with Gasteiger partial charge < -0.3 is 14.6 Å². The molecule has 1 aromatic rings. The van der Waals surface area contributed by atoms with Crippen molar-refractivity contribution in [3.05, 3.63) is 11.7 Å². The predicted molar refractivity (Wildman–Crippen MR) is 77.2 cm³/mol. The Labute approximate surface area is 121 Å². The Morgan fingerprint density at radius 3 is 2.55 bits per heavy atom. The molecule has 1 aliphatic carbocycles. The number of ether oxygens (including phenoxy) is 1. The second-order valence-corrected chi connectivity index (χ2v) is 6.55. The lowest BCUT2D eigenvalue weighted by atomic mass is 9.70. The lowest BCUT2D eigenvalue weighted by molar-refractivity contribution is -0.0740. The predicted octanol–water partition coefficient (Wildman–Crippen LogP) is 3.01. The monoisotopic (exact) mass is 281 g/mol. The summed E-state index contributed by atoms with van der Waals surface area (Å²) in [6.07, 6.45) is 5.26. The number of rotatable bonds is 6. The molecule has 1 fully saturated rings. The molecule has 1 heterocycles. The Bertz CT molecular complexity index is 419. The van der Waals surface area contributed by atoms with Crippen LogP contribution in [0.15, 0.2) is 4.52 Å². The van der Waals surface area contributed by atoms with Gasteiger partial charge in [0, 0.05) is 7.11 Å². The van der Waals surface area contributed by atoms with Gasteiger partial charge in [-0.05, 0) is 44.1 Å². The second kappa shape index (κ2) is 6.22. The largest absolute Gasteiger partial charge is 0.370 e. The number of nitrogens with zero attached hydrogens (tertiary/aromatic N) is 2. The zero-order chi connectivity index (χ0) is 14.6. The third-order valence-electron chi connectivity index (χ3n) is 4.38. The molecular formula is C15H27N3O2. The summed E-state index contributed by atoms with van der Waals surface area (Å²) in [6, 6.07) is 0. The normalized spacial score (nSPS) is 21.0. The van der Waals surface area contributed by atoms with Crippen LogP contribution in [0.25, 0.3) is 0 Å². The van der Waals surface area contributed by atoms with E-state index in [1.165, 1.54) is 0 Å². The molecular weight excluding hydrogens is 254 g/mol. The highest BCUT2D eigenvalue weighted by Crippen LogP contribution is 2.46. The molecule has 0 saturated heterocycles. The summed E-state index contributed by atoms with van der Waals surface area (Å²) in [5, 5.41) is 7.43. The maximum absolute atomic E-state index is 5.79. The van der Waals surface area contributed by atoms with Crippen molar-refractivity contribution in [1.29, 1.82) is 0 Å². The Morgan fingerprint density at radius 1 is 1.25 bits per heavy atom. The minimum absolute atomic E-state index is 0.359. The van der Waals surface area contributed by atoms with Gasteiger partial charge in [0.05, 0.1) is 6.54 Å². The van der Waals surface area contributed by atoms with Crippen molar-refractivity contribution in [2.75, 3.05) is 13.7 Å². The zero-order valence-electron chi connectivity index (χ0n) is 13.2. The molecule has 0 unspecified atom stereocenters. The van der Waals surface area contributed by atoms with Crippen LogP contribution in [0.3, 0.4) is 0 Å². The maximum Gasteiger partial charge on any atom is 0.240 e. The topological polar surface area (TPSA) is 60.2 Å². The second-order valence-electron chi connectivity index (χ2n) is 6.55. The smallest absolute Gasteiger partial charge is 0.240 e. The first-order chi connectivity index (χ1) is 9.51. The molecule has 5 heteroatoms. The van der Waals surface area contributed by atoms with Gasteiger partial charge in [0.15, 0.2) is 0 Å². The van der Waals surface area contributed by atoms with Crippen molar-refractivity contribution >= 4 is 0 Å². The molecule has 5 nitrogen and oxygen atoms in total. The minimum Gasteiger partial charge on any atom is -0.370 e. The molecule has 1 N–H and O–H groups in total. The lowest BCUT2D eigenvalue weighted by Gasteiger charge is -2.40. The third-order valence-corrected chi connectivity index (χ3v) is 4.38. The van der Waals surface area contributed by atoms with Gasteiger partial charge in [-0.3, -0.25) is 0 Å². The van der Waals surface area contributed by atoms with E-state index >= 15 is 0 Å². The highest BCUT2D eigenvalue weighted by molar-refractivity contribution is 5.05. The number of hydrogen-bond donors (Lipinski definition) is 1. The van der Waals surface area contributed by atoms with Crippen LogP contribution in [0.2, 0.25) is 0 Å². The van der Waals surface area contributed by atoms with Crippen molar-refractivity contribution in [3.8, 4) is 0 Å². The van der Waals surface area contributed by atoms with Gasteiger partial charge in [0.1, 0.15) is 5.60 Å². The Kier molecular flexibility index (Phi) is 4.81.